The Labute approximate surface area is 234 Å². The average Bonchev–Trinajstić information content (AvgIpc) is 3.50. The van der Waals surface area contributed by atoms with Crippen LogP contribution < -0.4 is 16.4 Å². The number of allylic oxidation sites excluding steroid dienone is 1. The first-order valence-corrected chi connectivity index (χ1v) is 12.6. The van der Waals surface area contributed by atoms with E-state index >= 15 is 0 Å². The van der Waals surface area contributed by atoms with Crippen LogP contribution in [-0.4, -0.2) is 39.0 Å². The van der Waals surface area contributed by atoms with Crippen LogP contribution in [0.25, 0.3) is 17.3 Å². The quantitative estimate of drug-likeness (QED) is 0.304. The average molecular weight is 555 g/mol. The minimum atomic E-state index is -0.691. The number of primary amides is 1. The first-order chi connectivity index (χ1) is 18.6. The fourth-order valence-corrected chi connectivity index (χ4v) is 3.56. The molecule has 216 valence electrons. The summed E-state index contributed by atoms with van der Waals surface area (Å²) in [6.07, 6.45) is 6.42. The van der Waals surface area contributed by atoms with Crippen LogP contribution in [0.2, 0.25) is 0 Å². The third-order valence-corrected chi connectivity index (χ3v) is 5.36. The van der Waals surface area contributed by atoms with Crippen LogP contribution in [0.15, 0.2) is 47.5 Å². The van der Waals surface area contributed by atoms with Crippen molar-refractivity contribution in [3.05, 3.63) is 77.5 Å². The number of halogens is 1. The van der Waals surface area contributed by atoms with Gasteiger partial charge in [-0.2, -0.15) is 5.10 Å². The largest absolute Gasteiger partial charge is 0.443 e. The molecule has 40 heavy (non-hydrogen) atoms. The number of nitrogens with one attached hydrogen (secondary N) is 2. The van der Waals surface area contributed by atoms with Crippen LogP contribution in [0.1, 0.15) is 87.4 Å². The first kappa shape index (κ1) is 33.5. The van der Waals surface area contributed by atoms with Crippen molar-refractivity contribution in [3.63, 3.8) is 0 Å². The summed E-state index contributed by atoms with van der Waals surface area (Å²) in [4.78, 5) is 40.7. The standard InChI is InChI=1S/C25H27FN6O4.C3H8.CH4/c1-5-17(18-12-29-32(20(18)7-3)16-10-8-15(26)9-11-16)23(34)30-19(6-2)25-31-22(14(4)36-25)24(35)28-13-21(27)33;1-3-2;/h5,7-12,19H,3,6,13H2,1-2,4H3,(H2,27,33)(H,28,35)(H,30,34);3H2,1-2H3;1H4/b17-5+;;. The fourth-order valence-electron chi connectivity index (χ4n) is 3.56. The van der Waals surface area contributed by atoms with Crippen molar-refractivity contribution in [2.75, 3.05) is 6.54 Å². The monoisotopic (exact) mass is 554 g/mol. The Balaban J connectivity index is 0.00000191. The van der Waals surface area contributed by atoms with Gasteiger partial charge in [0.05, 0.1) is 24.1 Å². The van der Waals surface area contributed by atoms with Gasteiger partial charge in [0.2, 0.25) is 11.8 Å². The zero-order valence-corrected chi connectivity index (χ0v) is 22.9. The molecule has 0 aliphatic heterocycles. The molecule has 11 heteroatoms. The lowest BCUT2D eigenvalue weighted by Gasteiger charge is -2.15. The van der Waals surface area contributed by atoms with Gasteiger partial charge in [-0.05, 0) is 50.6 Å². The molecule has 4 N–H and O–H groups in total. The van der Waals surface area contributed by atoms with Gasteiger partial charge < -0.3 is 20.8 Å². The van der Waals surface area contributed by atoms with Gasteiger partial charge in [-0.1, -0.05) is 47.3 Å². The van der Waals surface area contributed by atoms with Crippen molar-refractivity contribution in [2.24, 2.45) is 5.73 Å². The summed E-state index contributed by atoms with van der Waals surface area (Å²) in [6.45, 7) is 12.9. The van der Waals surface area contributed by atoms with E-state index < -0.39 is 23.8 Å². The highest BCUT2D eigenvalue weighted by Gasteiger charge is 2.26. The molecule has 0 radical (unpaired) electrons. The maximum Gasteiger partial charge on any atom is 0.273 e. The van der Waals surface area contributed by atoms with Crippen LogP contribution in [0.4, 0.5) is 4.39 Å². The zero-order chi connectivity index (χ0) is 29.1. The van der Waals surface area contributed by atoms with Gasteiger partial charge in [-0.15, -0.1) is 0 Å². The van der Waals surface area contributed by atoms with E-state index in [4.69, 9.17) is 10.2 Å². The number of aromatic nitrogens is 3. The molecule has 0 aliphatic rings. The van der Waals surface area contributed by atoms with Gasteiger partial charge in [-0.25, -0.2) is 14.1 Å². The van der Waals surface area contributed by atoms with E-state index in [9.17, 15) is 18.8 Å². The van der Waals surface area contributed by atoms with Crippen LogP contribution in [0.5, 0.6) is 0 Å². The van der Waals surface area contributed by atoms with E-state index in [2.05, 4.69) is 41.1 Å². The Kier molecular flexibility index (Phi) is 13.2. The van der Waals surface area contributed by atoms with Crippen molar-refractivity contribution in [2.45, 2.75) is 60.9 Å². The van der Waals surface area contributed by atoms with Crippen molar-refractivity contribution in [1.29, 1.82) is 0 Å². The minimum Gasteiger partial charge on any atom is -0.443 e. The molecule has 1 atom stereocenters. The molecular formula is C29H39FN6O4. The Morgan fingerprint density at radius 3 is 2.35 bits per heavy atom. The number of rotatable bonds is 10. The molecule has 0 saturated heterocycles. The van der Waals surface area contributed by atoms with Gasteiger partial charge >= 0.3 is 0 Å². The third kappa shape index (κ3) is 8.23. The summed E-state index contributed by atoms with van der Waals surface area (Å²) in [5, 5.41) is 9.59. The number of benzene rings is 1. The second-order valence-corrected chi connectivity index (χ2v) is 8.49. The molecule has 3 amide bonds. The summed E-state index contributed by atoms with van der Waals surface area (Å²) < 4.78 is 20.6. The Bertz CT molecular complexity index is 1340. The van der Waals surface area contributed by atoms with Gasteiger partial charge in [0.1, 0.15) is 17.6 Å². The molecule has 0 bridgehead atoms. The molecule has 0 aliphatic carbocycles. The predicted octanol–water partition coefficient (Wildman–Crippen LogP) is 4.89. The number of amides is 3. The minimum absolute atomic E-state index is 0. The molecule has 3 rings (SSSR count). The van der Waals surface area contributed by atoms with Crippen LogP contribution in [-0.2, 0) is 9.59 Å². The molecule has 2 heterocycles. The molecule has 0 spiro atoms. The first-order valence-electron chi connectivity index (χ1n) is 12.6. The van der Waals surface area contributed by atoms with Crippen molar-refractivity contribution in [3.8, 4) is 5.69 Å². The number of carbonyl (C=O) groups excluding carboxylic acids is 3. The van der Waals surface area contributed by atoms with Crippen LogP contribution >= 0.6 is 0 Å². The van der Waals surface area contributed by atoms with Crippen molar-refractivity contribution in [1.82, 2.24) is 25.4 Å². The molecule has 10 nitrogen and oxygen atoms in total. The number of hydrogen-bond acceptors (Lipinski definition) is 6. The smallest absolute Gasteiger partial charge is 0.273 e. The maximum atomic E-state index is 13.3. The van der Waals surface area contributed by atoms with Crippen LogP contribution in [0.3, 0.4) is 0 Å². The van der Waals surface area contributed by atoms with Crippen LogP contribution in [0, 0.1) is 12.7 Å². The summed E-state index contributed by atoms with van der Waals surface area (Å²) in [5.41, 5.74) is 7.08. The normalized spacial score (nSPS) is 11.4. The maximum absolute atomic E-state index is 13.3. The van der Waals surface area contributed by atoms with E-state index in [1.165, 1.54) is 24.8 Å². The van der Waals surface area contributed by atoms with Gasteiger partial charge in [0.25, 0.3) is 11.8 Å². The number of nitrogens with two attached hydrogens (primary N) is 1. The lowest BCUT2D eigenvalue weighted by Crippen LogP contribution is -2.34. The van der Waals surface area contributed by atoms with E-state index in [1.807, 2.05) is 6.92 Å². The van der Waals surface area contributed by atoms with Gasteiger partial charge in [0.15, 0.2) is 5.69 Å². The molecular weight excluding hydrogens is 515 g/mol. The lowest BCUT2D eigenvalue weighted by atomic mass is 10.0. The number of oxazole rings is 1. The Morgan fingerprint density at radius 1 is 1.20 bits per heavy atom. The lowest BCUT2D eigenvalue weighted by molar-refractivity contribution is -0.117. The summed E-state index contributed by atoms with van der Waals surface area (Å²) in [7, 11) is 0. The highest BCUT2D eigenvalue weighted by Crippen LogP contribution is 2.26. The molecule has 2 aromatic heterocycles. The summed E-state index contributed by atoms with van der Waals surface area (Å²) >= 11 is 0. The predicted molar refractivity (Wildman–Crippen MR) is 154 cm³/mol. The third-order valence-electron chi connectivity index (χ3n) is 5.36. The summed E-state index contributed by atoms with van der Waals surface area (Å²) in [6, 6.07) is 5.15. The number of aryl methyl sites for hydroxylation is 1. The Hall–Kier alpha value is -4.54. The highest BCUT2D eigenvalue weighted by atomic mass is 19.1. The highest BCUT2D eigenvalue weighted by molar-refractivity contribution is 6.20. The molecule has 1 unspecified atom stereocenters. The van der Waals surface area contributed by atoms with E-state index in [0.29, 0.717) is 28.9 Å². The zero-order valence-electron chi connectivity index (χ0n) is 22.9. The SMILES string of the molecule is C.C=Cc1c(/C(=C\C)C(=O)NC(CC)c2nc(C(=O)NCC(N)=O)c(C)o2)cnn1-c1ccc(F)cc1.CCC. The van der Waals surface area contributed by atoms with E-state index in [1.54, 1.807) is 42.8 Å². The molecule has 3 aromatic rings. The Morgan fingerprint density at radius 2 is 1.82 bits per heavy atom. The number of hydrogen-bond donors (Lipinski definition) is 3. The fraction of sp³-hybridized carbons (Fsp3) is 0.345. The van der Waals surface area contributed by atoms with Gasteiger partial charge in [-0.3, -0.25) is 14.4 Å². The molecule has 1 aromatic carbocycles. The van der Waals surface area contributed by atoms with Crippen molar-refractivity contribution >= 4 is 29.4 Å². The van der Waals surface area contributed by atoms with Crippen molar-refractivity contribution < 1.29 is 23.2 Å². The van der Waals surface area contributed by atoms with E-state index in [0.717, 1.165) is 0 Å². The van der Waals surface area contributed by atoms with Gasteiger partial charge in [0, 0.05) is 11.1 Å². The summed E-state index contributed by atoms with van der Waals surface area (Å²) in [5.74, 6) is -1.71. The number of carbonyl (C=O) groups is 3. The van der Waals surface area contributed by atoms with E-state index in [-0.39, 0.29) is 37.1 Å². The second kappa shape index (κ2) is 15.8. The molecule has 0 fully saturated rings. The second-order valence-electron chi connectivity index (χ2n) is 8.49. The topological polar surface area (TPSA) is 145 Å². The number of nitrogens with zero attached hydrogens (tertiary/aromatic N) is 3. The molecule has 0 saturated carbocycles.